The van der Waals surface area contributed by atoms with Gasteiger partial charge in [0, 0.05) is 25.7 Å². The van der Waals surface area contributed by atoms with Crippen molar-refractivity contribution in [3.05, 3.63) is 30.1 Å². The summed E-state index contributed by atoms with van der Waals surface area (Å²) in [6.07, 6.45) is 1.63. The van der Waals surface area contributed by atoms with Gasteiger partial charge in [-0.05, 0) is 25.2 Å². The smallest absolute Gasteiger partial charge is 0.253 e. The Kier molecular flexibility index (Phi) is 3.39. The fourth-order valence-corrected chi connectivity index (χ4v) is 1.67. The van der Waals surface area contributed by atoms with Gasteiger partial charge in [-0.2, -0.15) is 0 Å². The highest BCUT2D eigenvalue weighted by Gasteiger charge is 2.11. The van der Waals surface area contributed by atoms with Crippen molar-refractivity contribution in [3.8, 4) is 0 Å². The monoisotopic (exact) mass is 232 g/mol. The highest BCUT2D eigenvalue weighted by Crippen LogP contribution is 2.12. The Balaban J connectivity index is 2.17. The molecule has 1 aromatic heterocycles. The first-order valence-electron chi connectivity index (χ1n) is 5.55. The normalized spacial score (nSPS) is 10.7. The van der Waals surface area contributed by atoms with Gasteiger partial charge in [0.05, 0.1) is 17.4 Å². The van der Waals surface area contributed by atoms with Gasteiger partial charge in [-0.15, -0.1) is 0 Å². The van der Waals surface area contributed by atoms with Crippen molar-refractivity contribution in [1.29, 1.82) is 0 Å². The average Bonchev–Trinajstić information content (AvgIpc) is 2.81. The molecule has 2 rings (SSSR count). The van der Waals surface area contributed by atoms with Gasteiger partial charge in [-0.25, -0.2) is 4.98 Å². The molecule has 1 aromatic carbocycles. The summed E-state index contributed by atoms with van der Waals surface area (Å²) in [7, 11) is 3.67. The van der Waals surface area contributed by atoms with Crippen LogP contribution in [0.4, 0.5) is 0 Å². The number of fused-ring (bicyclic) bond motifs is 1. The molecule has 0 saturated carbocycles. The molecular weight excluding hydrogens is 216 g/mol. The van der Waals surface area contributed by atoms with Crippen LogP contribution >= 0.6 is 0 Å². The second-order valence-corrected chi connectivity index (χ2v) is 3.96. The number of aromatic amines is 1. The molecule has 0 atom stereocenters. The number of carbonyl (C=O) groups excluding carboxylic acids is 1. The largest absolute Gasteiger partial charge is 0.345 e. The van der Waals surface area contributed by atoms with Gasteiger partial charge < -0.3 is 15.2 Å². The lowest BCUT2D eigenvalue weighted by Gasteiger charge is -2.16. The van der Waals surface area contributed by atoms with Gasteiger partial charge >= 0.3 is 0 Å². The predicted octanol–water partition coefficient (Wildman–Crippen LogP) is 0.854. The lowest BCUT2D eigenvalue weighted by Crippen LogP contribution is -2.32. The van der Waals surface area contributed by atoms with Crippen LogP contribution in [0.3, 0.4) is 0 Å². The number of rotatable bonds is 4. The minimum atomic E-state index is 0.0248. The van der Waals surface area contributed by atoms with Crippen molar-refractivity contribution < 1.29 is 4.79 Å². The third-order valence-corrected chi connectivity index (χ3v) is 2.71. The number of aromatic nitrogens is 2. The standard InChI is InChI=1S/C12H16N4O/c1-13-5-6-16(2)12(17)9-3-4-10-11(7-9)15-8-14-10/h3-4,7-8,13H,5-6H2,1-2H3,(H,14,15). The van der Waals surface area contributed by atoms with E-state index in [1.165, 1.54) is 0 Å². The number of nitrogens with zero attached hydrogens (tertiary/aromatic N) is 2. The third-order valence-electron chi connectivity index (χ3n) is 2.71. The summed E-state index contributed by atoms with van der Waals surface area (Å²) in [5, 5.41) is 3.02. The molecule has 0 aliphatic heterocycles. The molecule has 0 bridgehead atoms. The highest BCUT2D eigenvalue weighted by molar-refractivity contribution is 5.97. The molecule has 1 amide bonds. The summed E-state index contributed by atoms with van der Waals surface area (Å²) in [6, 6.07) is 5.49. The van der Waals surface area contributed by atoms with E-state index >= 15 is 0 Å². The second kappa shape index (κ2) is 4.97. The number of carbonyl (C=O) groups is 1. The summed E-state index contributed by atoms with van der Waals surface area (Å²) < 4.78 is 0. The summed E-state index contributed by atoms with van der Waals surface area (Å²) in [4.78, 5) is 20.9. The van der Waals surface area contributed by atoms with Crippen LogP contribution in [0.2, 0.25) is 0 Å². The number of nitrogens with one attached hydrogen (secondary N) is 2. The van der Waals surface area contributed by atoms with E-state index in [0.717, 1.165) is 17.6 Å². The molecule has 2 aromatic rings. The molecule has 17 heavy (non-hydrogen) atoms. The fraction of sp³-hybridized carbons (Fsp3) is 0.333. The SMILES string of the molecule is CNCCN(C)C(=O)c1ccc2nc[nH]c2c1. The number of H-pyrrole nitrogens is 1. The van der Waals surface area contributed by atoms with Gasteiger partial charge in [0.15, 0.2) is 0 Å². The van der Waals surface area contributed by atoms with Crippen molar-refractivity contribution >= 4 is 16.9 Å². The van der Waals surface area contributed by atoms with Crippen LogP contribution in [0.15, 0.2) is 24.5 Å². The number of hydrogen-bond acceptors (Lipinski definition) is 3. The summed E-state index contributed by atoms with van der Waals surface area (Å²) in [5.41, 5.74) is 2.44. The van der Waals surface area contributed by atoms with Gasteiger partial charge in [-0.3, -0.25) is 4.79 Å². The van der Waals surface area contributed by atoms with Gasteiger partial charge in [0.2, 0.25) is 0 Å². The summed E-state index contributed by atoms with van der Waals surface area (Å²) >= 11 is 0. The number of amides is 1. The molecule has 2 N–H and O–H groups in total. The fourth-order valence-electron chi connectivity index (χ4n) is 1.67. The van der Waals surface area contributed by atoms with Crippen molar-refractivity contribution in [2.24, 2.45) is 0 Å². The van der Waals surface area contributed by atoms with Crippen molar-refractivity contribution in [2.75, 3.05) is 27.2 Å². The van der Waals surface area contributed by atoms with Gasteiger partial charge in [-0.1, -0.05) is 0 Å². The Hall–Kier alpha value is -1.88. The Bertz CT molecular complexity index is 520. The first-order valence-corrected chi connectivity index (χ1v) is 5.55. The molecule has 5 nitrogen and oxygen atoms in total. The van der Waals surface area contributed by atoms with E-state index in [-0.39, 0.29) is 5.91 Å². The molecular formula is C12H16N4O. The van der Waals surface area contributed by atoms with E-state index in [0.29, 0.717) is 12.1 Å². The number of benzene rings is 1. The van der Waals surface area contributed by atoms with Gasteiger partial charge in [0.25, 0.3) is 5.91 Å². The minimum Gasteiger partial charge on any atom is -0.345 e. The lowest BCUT2D eigenvalue weighted by molar-refractivity contribution is 0.0797. The minimum absolute atomic E-state index is 0.0248. The van der Waals surface area contributed by atoms with E-state index in [4.69, 9.17) is 0 Å². The number of likely N-dealkylation sites (N-methyl/N-ethyl adjacent to an activating group) is 2. The Morgan fingerprint density at radius 2 is 2.35 bits per heavy atom. The van der Waals surface area contributed by atoms with Crippen LogP contribution in [0.5, 0.6) is 0 Å². The molecule has 1 heterocycles. The molecule has 0 aliphatic carbocycles. The maximum Gasteiger partial charge on any atom is 0.253 e. The van der Waals surface area contributed by atoms with Crippen molar-refractivity contribution in [3.63, 3.8) is 0 Å². The van der Waals surface area contributed by atoms with Crippen molar-refractivity contribution in [2.45, 2.75) is 0 Å². The maximum absolute atomic E-state index is 12.1. The molecule has 0 saturated heterocycles. The Labute approximate surface area is 99.8 Å². The van der Waals surface area contributed by atoms with Crippen LogP contribution in [-0.4, -0.2) is 48.0 Å². The van der Waals surface area contributed by atoms with Crippen LogP contribution < -0.4 is 5.32 Å². The zero-order valence-electron chi connectivity index (χ0n) is 10.0. The van der Waals surface area contributed by atoms with E-state index in [9.17, 15) is 4.79 Å². The van der Waals surface area contributed by atoms with E-state index in [1.807, 2.05) is 19.2 Å². The molecule has 0 unspecified atom stereocenters. The van der Waals surface area contributed by atoms with Gasteiger partial charge in [0.1, 0.15) is 0 Å². The van der Waals surface area contributed by atoms with Crippen LogP contribution in [0.25, 0.3) is 11.0 Å². The quantitative estimate of drug-likeness (QED) is 0.821. The number of hydrogen-bond donors (Lipinski definition) is 2. The molecule has 5 heteroatoms. The van der Waals surface area contributed by atoms with E-state index < -0.39 is 0 Å². The van der Waals surface area contributed by atoms with Crippen LogP contribution in [0, 0.1) is 0 Å². The van der Waals surface area contributed by atoms with Crippen molar-refractivity contribution in [1.82, 2.24) is 20.2 Å². The first-order chi connectivity index (χ1) is 8.22. The first kappa shape index (κ1) is 11.6. The lowest BCUT2D eigenvalue weighted by atomic mass is 10.2. The van der Waals surface area contributed by atoms with Crippen LogP contribution in [-0.2, 0) is 0 Å². The van der Waals surface area contributed by atoms with Crippen LogP contribution in [0.1, 0.15) is 10.4 Å². The van der Waals surface area contributed by atoms with E-state index in [2.05, 4.69) is 15.3 Å². The molecule has 0 radical (unpaired) electrons. The highest BCUT2D eigenvalue weighted by atomic mass is 16.2. The number of imidazole rings is 1. The zero-order valence-corrected chi connectivity index (χ0v) is 10.0. The molecule has 90 valence electrons. The zero-order chi connectivity index (χ0) is 12.3. The third kappa shape index (κ3) is 2.45. The summed E-state index contributed by atoms with van der Waals surface area (Å²) in [5.74, 6) is 0.0248. The molecule has 0 spiro atoms. The predicted molar refractivity (Wildman–Crippen MR) is 67.0 cm³/mol. The van der Waals surface area contributed by atoms with E-state index in [1.54, 1.807) is 24.3 Å². The molecule has 0 aliphatic rings. The average molecular weight is 232 g/mol. The maximum atomic E-state index is 12.1. The molecule has 0 fully saturated rings. The topological polar surface area (TPSA) is 61.0 Å². The second-order valence-electron chi connectivity index (χ2n) is 3.96. The Morgan fingerprint density at radius 1 is 1.53 bits per heavy atom. The summed E-state index contributed by atoms with van der Waals surface area (Å²) in [6.45, 7) is 1.48. The Morgan fingerprint density at radius 3 is 3.12 bits per heavy atom.